The van der Waals surface area contributed by atoms with Gasteiger partial charge in [0.1, 0.15) is 6.42 Å². The molecule has 0 bridgehead atoms. The van der Waals surface area contributed by atoms with E-state index in [9.17, 15) is 4.79 Å². The van der Waals surface area contributed by atoms with Crippen molar-refractivity contribution in [2.75, 3.05) is 0 Å². The summed E-state index contributed by atoms with van der Waals surface area (Å²) in [5.41, 5.74) is 0. The molecule has 0 spiro atoms. The van der Waals surface area contributed by atoms with Crippen molar-refractivity contribution >= 4 is 5.91 Å². The molecule has 0 aromatic heterocycles. The monoisotopic (exact) mass is 166 g/mol. The highest BCUT2D eigenvalue weighted by Crippen LogP contribution is 2.34. The third-order valence-electron chi connectivity index (χ3n) is 2.17. The van der Waals surface area contributed by atoms with E-state index < -0.39 is 0 Å². The van der Waals surface area contributed by atoms with E-state index in [-0.39, 0.29) is 12.3 Å². The van der Waals surface area contributed by atoms with Crippen LogP contribution in [-0.2, 0) is 4.79 Å². The predicted octanol–water partition coefficient (Wildman–Crippen LogP) is 1.20. The van der Waals surface area contributed by atoms with Crippen LogP contribution in [0, 0.1) is 17.2 Å². The number of nitriles is 1. The molecular weight excluding hydrogens is 152 g/mol. The van der Waals surface area contributed by atoms with Crippen molar-refractivity contribution in [1.82, 2.24) is 5.32 Å². The van der Waals surface area contributed by atoms with Gasteiger partial charge in [-0.25, -0.2) is 0 Å². The molecule has 1 rings (SSSR count). The first-order valence-corrected chi connectivity index (χ1v) is 4.44. The maximum absolute atomic E-state index is 10.9. The molecule has 2 unspecified atom stereocenters. The fourth-order valence-electron chi connectivity index (χ4n) is 1.44. The van der Waals surface area contributed by atoms with Gasteiger partial charge in [0, 0.05) is 6.04 Å². The lowest BCUT2D eigenvalue weighted by Crippen LogP contribution is -2.26. The fraction of sp³-hybridized carbons (Fsp3) is 0.778. The quantitative estimate of drug-likeness (QED) is 0.682. The fourth-order valence-corrected chi connectivity index (χ4v) is 1.44. The first-order valence-electron chi connectivity index (χ1n) is 4.44. The van der Waals surface area contributed by atoms with Crippen molar-refractivity contribution in [3.05, 3.63) is 0 Å². The van der Waals surface area contributed by atoms with Gasteiger partial charge in [-0.2, -0.15) is 5.26 Å². The predicted molar refractivity (Wildman–Crippen MR) is 45.2 cm³/mol. The minimum Gasteiger partial charge on any atom is -0.352 e. The second-order valence-corrected chi connectivity index (χ2v) is 3.29. The SMILES string of the molecule is CCCC1CC1NC(=O)CC#N. The van der Waals surface area contributed by atoms with E-state index in [2.05, 4.69) is 12.2 Å². The topological polar surface area (TPSA) is 52.9 Å². The molecule has 66 valence electrons. The Bertz CT molecular complexity index is 207. The van der Waals surface area contributed by atoms with Gasteiger partial charge in [0.15, 0.2) is 0 Å². The molecule has 1 aliphatic rings. The summed E-state index contributed by atoms with van der Waals surface area (Å²) in [7, 11) is 0. The summed E-state index contributed by atoms with van der Waals surface area (Å²) >= 11 is 0. The minimum absolute atomic E-state index is 0.00462. The van der Waals surface area contributed by atoms with Crippen LogP contribution in [0.3, 0.4) is 0 Å². The molecule has 0 aromatic carbocycles. The van der Waals surface area contributed by atoms with Crippen LogP contribution < -0.4 is 5.32 Å². The maximum Gasteiger partial charge on any atom is 0.234 e. The van der Waals surface area contributed by atoms with Crippen molar-refractivity contribution in [2.45, 2.75) is 38.6 Å². The summed E-state index contributed by atoms with van der Waals surface area (Å²) in [6, 6.07) is 2.20. The molecule has 1 amide bonds. The molecule has 0 heterocycles. The number of hydrogen-bond donors (Lipinski definition) is 1. The van der Waals surface area contributed by atoms with Crippen LogP contribution in [0.25, 0.3) is 0 Å². The van der Waals surface area contributed by atoms with Crippen molar-refractivity contribution < 1.29 is 4.79 Å². The van der Waals surface area contributed by atoms with E-state index >= 15 is 0 Å². The Labute approximate surface area is 72.8 Å². The highest BCUT2D eigenvalue weighted by atomic mass is 16.1. The van der Waals surface area contributed by atoms with Gasteiger partial charge in [-0.3, -0.25) is 4.79 Å². The van der Waals surface area contributed by atoms with E-state index in [1.165, 1.54) is 12.8 Å². The number of rotatable bonds is 4. The zero-order valence-electron chi connectivity index (χ0n) is 7.34. The zero-order chi connectivity index (χ0) is 8.97. The van der Waals surface area contributed by atoms with Crippen molar-refractivity contribution in [3.63, 3.8) is 0 Å². The Hall–Kier alpha value is -1.04. The Morgan fingerprint density at radius 1 is 1.75 bits per heavy atom. The molecule has 0 radical (unpaired) electrons. The highest BCUT2D eigenvalue weighted by molar-refractivity contribution is 5.78. The second kappa shape index (κ2) is 4.10. The molecule has 3 nitrogen and oxygen atoms in total. The number of carbonyl (C=O) groups is 1. The van der Waals surface area contributed by atoms with Gasteiger partial charge in [0.05, 0.1) is 6.07 Å². The minimum atomic E-state index is -0.124. The molecule has 1 N–H and O–H groups in total. The zero-order valence-corrected chi connectivity index (χ0v) is 7.34. The lowest BCUT2D eigenvalue weighted by Gasteiger charge is -1.99. The van der Waals surface area contributed by atoms with Crippen LogP contribution in [0.1, 0.15) is 32.6 Å². The van der Waals surface area contributed by atoms with Crippen LogP contribution in [0.2, 0.25) is 0 Å². The molecule has 0 aromatic rings. The van der Waals surface area contributed by atoms with Crippen molar-refractivity contribution in [3.8, 4) is 6.07 Å². The van der Waals surface area contributed by atoms with E-state index in [0.29, 0.717) is 12.0 Å². The number of nitrogens with zero attached hydrogens (tertiary/aromatic N) is 1. The average molecular weight is 166 g/mol. The lowest BCUT2D eigenvalue weighted by molar-refractivity contribution is -0.120. The van der Waals surface area contributed by atoms with Crippen LogP contribution in [0.4, 0.5) is 0 Å². The van der Waals surface area contributed by atoms with E-state index in [0.717, 1.165) is 6.42 Å². The molecule has 0 aliphatic heterocycles. The largest absolute Gasteiger partial charge is 0.352 e. The van der Waals surface area contributed by atoms with Gasteiger partial charge in [-0.05, 0) is 18.8 Å². The average Bonchev–Trinajstić information content (AvgIpc) is 2.69. The van der Waals surface area contributed by atoms with Gasteiger partial charge in [0.2, 0.25) is 5.91 Å². The number of amides is 1. The van der Waals surface area contributed by atoms with Crippen LogP contribution in [0.15, 0.2) is 0 Å². The second-order valence-electron chi connectivity index (χ2n) is 3.29. The van der Waals surface area contributed by atoms with Gasteiger partial charge in [-0.15, -0.1) is 0 Å². The van der Waals surface area contributed by atoms with E-state index in [1.54, 1.807) is 0 Å². The molecule has 1 aliphatic carbocycles. The standard InChI is InChI=1S/C9H14N2O/c1-2-3-7-6-8(7)11-9(12)4-5-10/h7-8H,2-4,6H2,1H3,(H,11,12). The molecule has 0 saturated heterocycles. The molecule has 2 atom stereocenters. The third-order valence-corrected chi connectivity index (χ3v) is 2.17. The Morgan fingerprint density at radius 2 is 2.50 bits per heavy atom. The van der Waals surface area contributed by atoms with Crippen LogP contribution >= 0.6 is 0 Å². The highest BCUT2D eigenvalue weighted by Gasteiger charge is 2.36. The van der Waals surface area contributed by atoms with Gasteiger partial charge >= 0.3 is 0 Å². The molecule has 3 heteroatoms. The molecular formula is C9H14N2O. The summed E-state index contributed by atoms with van der Waals surface area (Å²) in [6.45, 7) is 2.15. The normalized spacial score (nSPS) is 26.0. The van der Waals surface area contributed by atoms with Crippen LogP contribution in [-0.4, -0.2) is 11.9 Å². The van der Waals surface area contributed by atoms with Gasteiger partial charge in [-0.1, -0.05) is 13.3 Å². The third kappa shape index (κ3) is 2.54. The lowest BCUT2D eigenvalue weighted by atomic mass is 10.2. The maximum atomic E-state index is 10.9. The smallest absolute Gasteiger partial charge is 0.234 e. The first-order chi connectivity index (χ1) is 5.77. The summed E-state index contributed by atoms with van der Waals surface area (Å²) in [6.07, 6.45) is 3.47. The Kier molecular flexibility index (Phi) is 3.09. The Morgan fingerprint density at radius 3 is 3.08 bits per heavy atom. The number of nitrogens with one attached hydrogen (secondary N) is 1. The Balaban J connectivity index is 2.11. The van der Waals surface area contributed by atoms with E-state index in [1.807, 2.05) is 6.07 Å². The summed E-state index contributed by atoms with van der Waals surface area (Å²) in [5, 5.41) is 11.1. The van der Waals surface area contributed by atoms with Crippen molar-refractivity contribution in [2.24, 2.45) is 5.92 Å². The summed E-state index contributed by atoms with van der Waals surface area (Å²) < 4.78 is 0. The number of carbonyl (C=O) groups excluding carboxylic acids is 1. The van der Waals surface area contributed by atoms with Gasteiger partial charge < -0.3 is 5.32 Å². The molecule has 1 saturated carbocycles. The summed E-state index contributed by atoms with van der Waals surface area (Å²) in [4.78, 5) is 10.9. The van der Waals surface area contributed by atoms with Crippen LogP contribution in [0.5, 0.6) is 0 Å². The van der Waals surface area contributed by atoms with E-state index in [4.69, 9.17) is 5.26 Å². The summed E-state index contributed by atoms with van der Waals surface area (Å²) in [5.74, 6) is 0.554. The molecule has 1 fully saturated rings. The first kappa shape index (κ1) is 9.05. The van der Waals surface area contributed by atoms with Gasteiger partial charge in [0.25, 0.3) is 0 Å². The molecule has 12 heavy (non-hydrogen) atoms. The van der Waals surface area contributed by atoms with Crippen molar-refractivity contribution in [1.29, 1.82) is 5.26 Å². The number of hydrogen-bond acceptors (Lipinski definition) is 2.